The first-order chi connectivity index (χ1) is 7.70. The summed E-state index contributed by atoms with van der Waals surface area (Å²) in [7, 11) is 0. The summed E-state index contributed by atoms with van der Waals surface area (Å²) < 4.78 is 6.07. The molecule has 2 aromatic rings. The van der Waals surface area contributed by atoms with E-state index in [4.69, 9.17) is 16.3 Å². The van der Waals surface area contributed by atoms with Crippen LogP contribution in [0.5, 0.6) is 5.75 Å². The number of ether oxygens (including phenoxy) is 1. The summed E-state index contributed by atoms with van der Waals surface area (Å²) >= 11 is 9.36. The maximum Gasteiger partial charge on any atom is 0.174 e. The molecular formula is C11H10BrClN2O. The van der Waals surface area contributed by atoms with Crippen LogP contribution in [0.25, 0.3) is 11.3 Å². The van der Waals surface area contributed by atoms with Crippen molar-refractivity contribution in [1.29, 1.82) is 0 Å². The number of hydrogen-bond acceptors (Lipinski definition) is 2. The van der Waals surface area contributed by atoms with Crippen LogP contribution >= 0.6 is 27.5 Å². The standard InChI is InChI=1S/C11H10BrClN2O/c1-2-16-10-4-3-7(5-8(10)13)9-6-14-11(12)15-9/h3-6H,2H2,1H3,(H,14,15). The Hall–Kier alpha value is -1.00. The van der Waals surface area contributed by atoms with E-state index in [2.05, 4.69) is 25.9 Å². The number of nitrogens with zero attached hydrogens (tertiary/aromatic N) is 1. The Labute approximate surface area is 107 Å². The molecular weight excluding hydrogens is 291 g/mol. The van der Waals surface area contributed by atoms with Gasteiger partial charge in [0.1, 0.15) is 5.75 Å². The lowest BCUT2D eigenvalue weighted by Crippen LogP contribution is -1.92. The first-order valence-corrected chi connectivity index (χ1v) is 6.01. The van der Waals surface area contributed by atoms with Crippen LogP contribution in [-0.2, 0) is 0 Å². The highest BCUT2D eigenvalue weighted by Gasteiger charge is 2.06. The average Bonchev–Trinajstić information content (AvgIpc) is 2.68. The van der Waals surface area contributed by atoms with E-state index in [1.807, 2.05) is 25.1 Å². The molecule has 0 unspecified atom stereocenters. The van der Waals surface area contributed by atoms with Crippen molar-refractivity contribution in [1.82, 2.24) is 9.97 Å². The molecule has 84 valence electrons. The highest BCUT2D eigenvalue weighted by atomic mass is 79.9. The Kier molecular flexibility index (Phi) is 3.51. The second-order valence-corrected chi connectivity index (χ2v) is 4.32. The lowest BCUT2D eigenvalue weighted by Gasteiger charge is -2.06. The number of aromatic nitrogens is 2. The van der Waals surface area contributed by atoms with E-state index >= 15 is 0 Å². The van der Waals surface area contributed by atoms with E-state index < -0.39 is 0 Å². The molecule has 1 N–H and O–H groups in total. The summed E-state index contributed by atoms with van der Waals surface area (Å²) in [5, 5.41) is 0.602. The second-order valence-electron chi connectivity index (χ2n) is 3.17. The van der Waals surface area contributed by atoms with Crippen LogP contribution in [0.1, 0.15) is 6.92 Å². The largest absolute Gasteiger partial charge is 0.492 e. The molecule has 0 amide bonds. The van der Waals surface area contributed by atoms with E-state index in [9.17, 15) is 0 Å². The third kappa shape index (κ3) is 2.39. The van der Waals surface area contributed by atoms with Gasteiger partial charge in [-0.05, 0) is 41.1 Å². The number of H-pyrrole nitrogens is 1. The number of nitrogens with one attached hydrogen (secondary N) is 1. The number of halogens is 2. The van der Waals surface area contributed by atoms with Gasteiger partial charge in [-0.15, -0.1) is 0 Å². The van der Waals surface area contributed by atoms with Crippen molar-refractivity contribution in [3.05, 3.63) is 34.2 Å². The highest BCUT2D eigenvalue weighted by molar-refractivity contribution is 9.10. The van der Waals surface area contributed by atoms with Crippen molar-refractivity contribution >= 4 is 27.5 Å². The fourth-order valence-corrected chi connectivity index (χ4v) is 1.94. The lowest BCUT2D eigenvalue weighted by molar-refractivity contribution is 0.340. The topological polar surface area (TPSA) is 37.9 Å². The van der Waals surface area contributed by atoms with Gasteiger partial charge in [0.05, 0.1) is 23.5 Å². The third-order valence-corrected chi connectivity index (χ3v) is 2.79. The summed E-state index contributed by atoms with van der Waals surface area (Å²) in [5.74, 6) is 0.700. The molecule has 5 heteroatoms. The van der Waals surface area contributed by atoms with Gasteiger partial charge in [-0.3, -0.25) is 0 Å². The Morgan fingerprint density at radius 1 is 1.50 bits per heavy atom. The number of aromatic amines is 1. The van der Waals surface area contributed by atoms with E-state index in [0.29, 0.717) is 22.1 Å². The van der Waals surface area contributed by atoms with Gasteiger partial charge in [0, 0.05) is 5.56 Å². The Bertz CT molecular complexity index is 498. The molecule has 0 fully saturated rings. The maximum atomic E-state index is 6.09. The molecule has 0 spiro atoms. The van der Waals surface area contributed by atoms with Crippen LogP contribution in [-0.4, -0.2) is 16.6 Å². The maximum absolute atomic E-state index is 6.09. The van der Waals surface area contributed by atoms with Crippen LogP contribution in [0.15, 0.2) is 29.1 Å². The van der Waals surface area contributed by atoms with Gasteiger partial charge < -0.3 is 9.72 Å². The fourth-order valence-electron chi connectivity index (χ4n) is 1.38. The summed E-state index contributed by atoms with van der Waals surface area (Å²) in [5.41, 5.74) is 1.89. The molecule has 1 heterocycles. The number of hydrogen-bond donors (Lipinski definition) is 1. The first kappa shape index (κ1) is 11.5. The molecule has 3 nitrogen and oxygen atoms in total. The molecule has 0 aliphatic heterocycles. The molecule has 0 saturated carbocycles. The predicted molar refractivity (Wildman–Crippen MR) is 67.9 cm³/mol. The van der Waals surface area contributed by atoms with Crippen LogP contribution in [0.2, 0.25) is 5.02 Å². The van der Waals surface area contributed by atoms with Crippen molar-refractivity contribution in [3.63, 3.8) is 0 Å². The molecule has 2 rings (SSSR count). The molecule has 0 radical (unpaired) electrons. The SMILES string of the molecule is CCOc1ccc(-c2cnc(Br)[nH]2)cc1Cl. The minimum atomic E-state index is 0.602. The van der Waals surface area contributed by atoms with E-state index in [1.54, 1.807) is 6.20 Å². The molecule has 16 heavy (non-hydrogen) atoms. The molecule has 0 atom stereocenters. The Morgan fingerprint density at radius 3 is 2.88 bits per heavy atom. The molecule has 0 saturated heterocycles. The van der Waals surface area contributed by atoms with Gasteiger partial charge >= 0.3 is 0 Å². The van der Waals surface area contributed by atoms with E-state index in [-0.39, 0.29) is 0 Å². The minimum Gasteiger partial charge on any atom is -0.492 e. The zero-order chi connectivity index (χ0) is 11.5. The van der Waals surface area contributed by atoms with Crippen LogP contribution in [0, 0.1) is 0 Å². The Balaban J connectivity index is 2.34. The fraction of sp³-hybridized carbons (Fsp3) is 0.182. The van der Waals surface area contributed by atoms with E-state index in [1.165, 1.54) is 0 Å². The summed E-state index contributed by atoms with van der Waals surface area (Å²) in [6.45, 7) is 2.53. The molecule has 0 bridgehead atoms. The predicted octanol–water partition coefficient (Wildman–Crippen LogP) is 3.89. The van der Waals surface area contributed by atoms with Crippen molar-refractivity contribution in [2.24, 2.45) is 0 Å². The van der Waals surface area contributed by atoms with Gasteiger partial charge in [-0.1, -0.05) is 11.6 Å². The average molecular weight is 302 g/mol. The highest BCUT2D eigenvalue weighted by Crippen LogP contribution is 2.29. The van der Waals surface area contributed by atoms with Crippen molar-refractivity contribution in [3.8, 4) is 17.0 Å². The normalized spacial score (nSPS) is 10.4. The zero-order valence-electron chi connectivity index (χ0n) is 8.63. The second kappa shape index (κ2) is 4.89. The van der Waals surface area contributed by atoms with Crippen molar-refractivity contribution in [2.45, 2.75) is 6.92 Å². The summed E-state index contributed by atoms with van der Waals surface area (Å²) in [6.07, 6.45) is 1.75. The molecule has 1 aromatic heterocycles. The van der Waals surface area contributed by atoms with Gasteiger partial charge in [0.15, 0.2) is 4.73 Å². The first-order valence-electron chi connectivity index (χ1n) is 4.84. The van der Waals surface area contributed by atoms with Gasteiger partial charge in [0.25, 0.3) is 0 Å². The minimum absolute atomic E-state index is 0.602. The number of imidazole rings is 1. The van der Waals surface area contributed by atoms with Crippen LogP contribution in [0.3, 0.4) is 0 Å². The monoisotopic (exact) mass is 300 g/mol. The van der Waals surface area contributed by atoms with Crippen LogP contribution in [0.4, 0.5) is 0 Å². The molecule has 0 aliphatic carbocycles. The lowest BCUT2D eigenvalue weighted by atomic mass is 10.1. The van der Waals surface area contributed by atoms with Gasteiger partial charge in [-0.2, -0.15) is 0 Å². The van der Waals surface area contributed by atoms with Crippen LogP contribution < -0.4 is 4.74 Å². The quantitative estimate of drug-likeness (QED) is 0.934. The van der Waals surface area contributed by atoms with Gasteiger partial charge in [0.2, 0.25) is 0 Å². The van der Waals surface area contributed by atoms with Crippen molar-refractivity contribution < 1.29 is 4.74 Å². The molecule has 1 aromatic carbocycles. The molecule has 0 aliphatic rings. The number of benzene rings is 1. The number of rotatable bonds is 3. The summed E-state index contributed by atoms with van der Waals surface area (Å²) in [6, 6.07) is 5.65. The zero-order valence-corrected chi connectivity index (χ0v) is 11.0. The summed E-state index contributed by atoms with van der Waals surface area (Å²) in [4.78, 5) is 7.15. The smallest absolute Gasteiger partial charge is 0.174 e. The van der Waals surface area contributed by atoms with Crippen molar-refractivity contribution in [2.75, 3.05) is 6.61 Å². The Morgan fingerprint density at radius 2 is 2.31 bits per heavy atom. The van der Waals surface area contributed by atoms with Gasteiger partial charge in [-0.25, -0.2) is 4.98 Å². The van der Waals surface area contributed by atoms with E-state index in [0.717, 1.165) is 11.3 Å². The third-order valence-electron chi connectivity index (χ3n) is 2.09.